The number of hydrogen-bond acceptors (Lipinski definition) is 4. The zero-order chi connectivity index (χ0) is 11.4. The number of rotatable bonds is 3. The Kier molecular flexibility index (Phi) is 4.93. The van der Waals surface area contributed by atoms with Crippen LogP contribution in [0.4, 0.5) is 11.6 Å². The van der Waals surface area contributed by atoms with Crippen molar-refractivity contribution in [1.82, 2.24) is 9.97 Å². The summed E-state index contributed by atoms with van der Waals surface area (Å²) in [5.74, 6) is 1.04. The van der Waals surface area contributed by atoms with Crippen LogP contribution in [-0.4, -0.2) is 17.1 Å². The van der Waals surface area contributed by atoms with Crippen molar-refractivity contribution >= 4 is 35.6 Å². The number of hydrogen-bond donors (Lipinski definition) is 1. The van der Waals surface area contributed by atoms with Crippen LogP contribution >= 0.6 is 24.0 Å². The lowest BCUT2D eigenvalue weighted by molar-refractivity contribution is 0.416. The second-order valence-electron chi connectivity index (χ2n) is 2.93. The molecule has 0 unspecified atom stereocenters. The third-order valence-electron chi connectivity index (χ3n) is 1.88. The molecule has 0 amide bonds. The number of nitrogens with zero attached hydrogens (tertiary/aromatic N) is 3. The number of benzene rings is 1. The van der Waals surface area contributed by atoms with Crippen molar-refractivity contribution in [2.45, 2.75) is 0 Å². The van der Waals surface area contributed by atoms with Crippen LogP contribution in [0.25, 0.3) is 0 Å². The van der Waals surface area contributed by atoms with Crippen molar-refractivity contribution in [2.75, 3.05) is 7.11 Å². The highest BCUT2D eigenvalue weighted by Crippen LogP contribution is 2.31. The van der Waals surface area contributed by atoms with Gasteiger partial charge in [0.2, 0.25) is 5.95 Å². The largest absolute Gasteiger partial charge is 0.494 e. The van der Waals surface area contributed by atoms with E-state index in [1.807, 2.05) is 0 Å². The van der Waals surface area contributed by atoms with E-state index in [0.717, 1.165) is 0 Å². The quantitative estimate of drug-likeness (QED) is 0.862. The molecule has 1 aromatic carbocycles. The van der Waals surface area contributed by atoms with Crippen molar-refractivity contribution < 1.29 is 4.74 Å². The Labute approximate surface area is 109 Å². The zero-order valence-corrected chi connectivity index (χ0v) is 10.5. The van der Waals surface area contributed by atoms with Crippen LogP contribution in [0.2, 0.25) is 5.02 Å². The van der Waals surface area contributed by atoms with Gasteiger partial charge >= 0.3 is 0 Å². The average Bonchev–Trinajstić information content (AvgIpc) is 2.79. The van der Waals surface area contributed by atoms with E-state index in [-0.39, 0.29) is 12.4 Å². The van der Waals surface area contributed by atoms with Gasteiger partial charge in [-0.25, -0.2) is 4.98 Å². The molecule has 0 aliphatic carbocycles. The van der Waals surface area contributed by atoms with Crippen molar-refractivity contribution in [3.8, 4) is 5.75 Å². The van der Waals surface area contributed by atoms with E-state index in [4.69, 9.17) is 16.3 Å². The van der Waals surface area contributed by atoms with Gasteiger partial charge in [0.05, 0.1) is 7.11 Å². The molecule has 5 nitrogen and oxygen atoms in total. The van der Waals surface area contributed by atoms with Crippen LogP contribution in [0, 0.1) is 0 Å². The first-order valence-corrected chi connectivity index (χ1v) is 4.92. The Morgan fingerprint density at radius 3 is 2.82 bits per heavy atom. The maximum Gasteiger partial charge on any atom is 0.246 e. The number of methoxy groups -OCH3 is 1. The molecule has 2 aromatic rings. The van der Waals surface area contributed by atoms with Gasteiger partial charge in [-0.2, -0.15) is 0 Å². The van der Waals surface area contributed by atoms with Crippen LogP contribution in [0.5, 0.6) is 5.75 Å². The Morgan fingerprint density at radius 2 is 2.18 bits per heavy atom. The maximum atomic E-state index is 5.85. The normalized spacial score (nSPS) is 10.2. The molecule has 0 atom stereocenters. The van der Waals surface area contributed by atoms with Gasteiger partial charge in [0.15, 0.2) is 0 Å². The monoisotopic (exact) mass is 272 g/mol. The highest BCUT2D eigenvalue weighted by atomic mass is 35.5. The Balaban J connectivity index is 0.00000144. The molecule has 1 N–H and O–H groups in total. The highest BCUT2D eigenvalue weighted by Gasteiger charge is 2.02. The van der Waals surface area contributed by atoms with Crippen LogP contribution in [0.15, 0.2) is 40.8 Å². The van der Waals surface area contributed by atoms with Gasteiger partial charge in [-0.05, 0) is 18.2 Å². The van der Waals surface area contributed by atoms with Crippen LogP contribution in [0.3, 0.4) is 0 Å². The van der Waals surface area contributed by atoms with Crippen molar-refractivity contribution in [2.24, 2.45) is 10.2 Å². The van der Waals surface area contributed by atoms with Gasteiger partial charge in [-0.15, -0.1) is 22.6 Å². The van der Waals surface area contributed by atoms with Crippen molar-refractivity contribution in [3.05, 3.63) is 35.6 Å². The molecule has 0 spiro atoms. The second kappa shape index (κ2) is 6.22. The van der Waals surface area contributed by atoms with E-state index in [1.165, 1.54) is 0 Å². The lowest BCUT2D eigenvalue weighted by Crippen LogP contribution is -1.82. The van der Waals surface area contributed by atoms with Crippen LogP contribution in [-0.2, 0) is 0 Å². The molecule has 1 aromatic heterocycles. The third kappa shape index (κ3) is 3.44. The number of imidazole rings is 1. The number of halogens is 2. The second-order valence-corrected chi connectivity index (χ2v) is 3.37. The topological polar surface area (TPSA) is 62.6 Å². The minimum atomic E-state index is 0. The summed E-state index contributed by atoms with van der Waals surface area (Å²) in [5.41, 5.74) is 0.561. The molecular weight excluding hydrogens is 263 g/mol. The van der Waals surface area contributed by atoms with E-state index < -0.39 is 0 Å². The number of ether oxygens (including phenoxy) is 1. The summed E-state index contributed by atoms with van der Waals surface area (Å²) in [6.07, 6.45) is 3.27. The number of H-pyrrole nitrogens is 1. The average molecular weight is 273 g/mol. The molecule has 0 saturated carbocycles. The molecule has 0 radical (unpaired) electrons. The molecule has 17 heavy (non-hydrogen) atoms. The predicted molar refractivity (Wildman–Crippen MR) is 68.0 cm³/mol. The van der Waals surface area contributed by atoms with E-state index >= 15 is 0 Å². The molecular formula is C10H10Cl2N4O. The van der Waals surface area contributed by atoms with Gasteiger partial charge in [0.25, 0.3) is 0 Å². The summed E-state index contributed by atoms with van der Waals surface area (Å²) in [6.45, 7) is 0. The molecule has 1 heterocycles. The molecule has 7 heteroatoms. The van der Waals surface area contributed by atoms with Gasteiger partial charge in [-0.3, -0.25) is 0 Å². The first kappa shape index (κ1) is 13.5. The number of azo groups is 1. The summed E-state index contributed by atoms with van der Waals surface area (Å²) in [4.78, 5) is 6.73. The summed E-state index contributed by atoms with van der Waals surface area (Å²) in [6, 6.07) is 5.14. The Morgan fingerprint density at radius 1 is 1.35 bits per heavy atom. The number of nitrogens with one attached hydrogen (secondary N) is 1. The standard InChI is InChI=1S/C10H9ClN4O.ClH/c1-16-9-3-2-7(11)6-8(9)14-15-10-12-4-5-13-10;/h2-6H,1H3,(H,12,13);1H. The predicted octanol–water partition coefficient (Wildman–Crippen LogP) is 3.91. The van der Waals surface area contributed by atoms with Gasteiger partial charge < -0.3 is 9.72 Å². The lowest BCUT2D eigenvalue weighted by atomic mass is 10.3. The molecule has 0 fully saturated rings. The highest BCUT2D eigenvalue weighted by molar-refractivity contribution is 6.30. The van der Waals surface area contributed by atoms with Crippen molar-refractivity contribution in [3.63, 3.8) is 0 Å². The summed E-state index contributed by atoms with van der Waals surface area (Å²) < 4.78 is 5.13. The molecule has 0 aliphatic heterocycles. The molecule has 90 valence electrons. The van der Waals surface area contributed by atoms with Crippen LogP contribution in [0.1, 0.15) is 0 Å². The van der Waals surface area contributed by atoms with E-state index in [2.05, 4.69) is 20.2 Å². The van der Waals surface area contributed by atoms with Crippen molar-refractivity contribution in [1.29, 1.82) is 0 Å². The SMILES string of the molecule is COc1ccc(Cl)cc1N=Nc1ncc[nH]1.Cl. The number of aromatic nitrogens is 2. The van der Waals surface area contributed by atoms with Gasteiger partial charge in [0.1, 0.15) is 11.4 Å². The molecule has 0 aliphatic rings. The maximum absolute atomic E-state index is 5.85. The van der Waals surface area contributed by atoms with E-state index in [1.54, 1.807) is 37.7 Å². The summed E-state index contributed by atoms with van der Waals surface area (Å²) in [7, 11) is 1.56. The van der Waals surface area contributed by atoms with Gasteiger partial charge in [0, 0.05) is 17.4 Å². The van der Waals surface area contributed by atoms with Gasteiger partial charge in [-0.1, -0.05) is 11.6 Å². The fraction of sp³-hybridized carbons (Fsp3) is 0.100. The fourth-order valence-corrected chi connectivity index (χ4v) is 1.32. The Hall–Kier alpha value is -1.59. The third-order valence-corrected chi connectivity index (χ3v) is 2.11. The minimum absolute atomic E-state index is 0. The first-order chi connectivity index (χ1) is 7.79. The number of aromatic amines is 1. The first-order valence-electron chi connectivity index (χ1n) is 4.54. The summed E-state index contributed by atoms with van der Waals surface area (Å²) >= 11 is 5.85. The van der Waals surface area contributed by atoms with Crippen LogP contribution < -0.4 is 4.74 Å². The van der Waals surface area contributed by atoms with E-state index in [0.29, 0.717) is 22.4 Å². The molecule has 2 rings (SSSR count). The lowest BCUT2D eigenvalue weighted by Gasteiger charge is -2.02. The molecule has 0 saturated heterocycles. The Bertz CT molecular complexity index is 499. The minimum Gasteiger partial charge on any atom is -0.494 e. The zero-order valence-electron chi connectivity index (χ0n) is 8.92. The van der Waals surface area contributed by atoms with E-state index in [9.17, 15) is 0 Å². The smallest absolute Gasteiger partial charge is 0.246 e. The molecule has 0 bridgehead atoms. The fourth-order valence-electron chi connectivity index (χ4n) is 1.15. The summed E-state index contributed by atoms with van der Waals surface area (Å²) in [5, 5.41) is 8.49.